The fourth-order valence-electron chi connectivity index (χ4n) is 1.78. The highest BCUT2D eigenvalue weighted by Crippen LogP contribution is 2.36. The summed E-state index contributed by atoms with van der Waals surface area (Å²) in [6.45, 7) is 3.97. The van der Waals surface area contributed by atoms with Gasteiger partial charge in [-0.2, -0.15) is 0 Å². The summed E-state index contributed by atoms with van der Waals surface area (Å²) in [6, 6.07) is 9.73. The van der Waals surface area contributed by atoms with Gasteiger partial charge in [-0.25, -0.2) is 4.79 Å². The van der Waals surface area contributed by atoms with Gasteiger partial charge in [-0.1, -0.05) is 17.8 Å². The second kappa shape index (κ2) is 5.97. The average Bonchev–Trinajstić information content (AvgIpc) is 2.43. The molecule has 0 amide bonds. The molecule has 0 bridgehead atoms. The molecule has 0 spiro atoms. The Bertz CT molecular complexity index is 728. The predicted molar refractivity (Wildman–Crippen MR) is 80.1 cm³/mol. The van der Waals surface area contributed by atoms with Crippen LogP contribution in [0, 0.1) is 24.0 Å². The average molecular weight is 303 g/mol. The number of nitrogens with zero attached hydrogens (tertiary/aromatic N) is 1. The van der Waals surface area contributed by atoms with Gasteiger partial charge in [0.25, 0.3) is 5.69 Å². The molecule has 2 aromatic carbocycles. The molecule has 108 valence electrons. The van der Waals surface area contributed by atoms with Crippen LogP contribution in [0.4, 0.5) is 5.69 Å². The first kappa shape index (κ1) is 15.1. The van der Waals surface area contributed by atoms with Crippen LogP contribution in [-0.4, -0.2) is 16.0 Å². The summed E-state index contributed by atoms with van der Waals surface area (Å²) < 4.78 is 0. The van der Waals surface area contributed by atoms with E-state index in [1.807, 2.05) is 32.0 Å². The molecule has 0 fully saturated rings. The molecule has 2 aromatic rings. The first-order chi connectivity index (χ1) is 9.88. The van der Waals surface area contributed by atoms with Crippen molar-refractivity contribution in [1.82, 2.24) is 0 Å². The highest BCUT2D eigenvalue weighted by Gasteiger charge is 2.18. The third-order valence-electron chi connectivity index (χ3n) is 3.11. The zero-order chi connectivity index (χ0) is 15.6. The van der Waals surface area contributed by atoms with Gasteiger partial charge in [0.2, 0.25) is 0 Å². The van der Waals surface area contributed by atoms with Crippen LogP contribution in [0.25, 0.3) is 0 Å². The Morgan fingerprint density at radius 3 is 2.43 bits per heavy atom. The van der Waals surface area contributed by atoms with E-state index in [0.29, 0.717) is 4.90 Å². The zero-order valence-electron chi connectivity index (χ0n) is 11.5. The van der Waals surface area contributed by atoms with Gasteiger partial charge in [0.15, 0.2) is 0 Å². The Morgan fingerprint density at radius 1 is 1.14 bits per heavy atom. The molecule has 0 radical (unpaired) electrons. The molecule has 0 aliphatic rings. The number of benzene rings is 2. The predicted octanol–water partition coefficient (Wildman–Crippen LogP) is 4.06. The van der Waals surface area contributed by atoms with Crippen LogP contribution >= 0.6 is 11.8 Å². The molecular formula is C15H13NO4S. The largest absolute Gasteiger partial charge is 0.478 e. The van der Waals surface area contributed by atoms with Gasteiger partial charge in [0.1, 0.15) is 0 Å². The number of rotatable bonds is 4. The second-order valence-electron chi connectivity index (χ2n) is 4.59. The Kier molecular flexibility index (Phi) is 4.28. The van der Waals surface area contributed by atoms with Crippen LogP contribution in [0.5, 0.6) is 0 Å². The molecular weight excluding hydrogens is 290 g/mol. The van der Waals surface area contributed by atoms with E-state index in [1.54, 1.807) is 0 Å². The maximum atomic E-state index is 11.1. The van der Waals surface area contributed by atoms with Crippen LogP contribution in [0.2, 0.25) is 0 Å². The van der Waals surface area contributed by atoms with Crippen molar-refractivity contribution in [2.75, 3.05) is 0 Å². The van der Waals surface area contributed by atoms with E-state index in [4.69, 9.17) is 5.11 Å². The SMILES string of the molecule is Cc1ccc(Sc2ccc(C(=O)O)cc2[N+](=O)[O-])cc1C. The summed E-state index contributed by atoms with van der Waals surface area (Å²) in [4.78, 5) is 22.7. The number of carboxylic acid groups (broad SMARTS) is 1. The lowest BCUT2D eigenvalue weighted by Gasteiger charge is -2.06. The van der Waals surface area contributed by atoms with Crippen LogP contribution in [0.1, 0.15) is 21.5 Å². The number of carboxylic acids is 1. The Hall–Kier alpha value is -2.34. The molecule has 2 rings (SSSR count). The first-order valence-corrected chi connectivity index (χ1v) is 6.97. The van der Waals surface area contributed by atoms with Gasteiger partial charge in [0.05, 0.1) is 15.4 Å². The maximum absolute atomic E-state index is 11.1. The Morgan fingerprint density at radius 2 is 1.86 bits per heavy atom. The number of aryl methyl sites for hydroxylation is 2. The van der Waals surface area contributed by atoms with Crippen LogP contribution in [-0.2, 0) is 0 Å². The summed E-state index contributed by atoms with van der Waals surface area (Å²) in [5.41, 5.74) is 1.96. The minimum atomic E-state index is -1.18. The van der Waals surface area contributed by atoms with E-state index in [-0.39, 0.29) is 11.3 Å². The molecule has 0 saturated heterocycles. The van der Waals surface area contributed by atoms with Crippen LogP contribution in [0.15, 0.2) is 46.2 Å². The lowest BCUT2D eigenvalue weighted by atomic mass is 10.1. The van der Waals surface area contributed by atoms with Gasteiger partial charge in [0, 0.05) is 11.0 Å². The van der Waals surface area contributed by atoms with E-state index in [0.717, 1.165) is 22.1 Å². The highest BCUT2D eigenvalue weighted by molar-refractivity contribution is 7.99. The quantitative estimate of drug-likeness (QED) is 0.680. The molecule has 0 unspecified atom stereocenters. The monoisotopic (exact) mass is 303 g/mol. The molecule has 0 aromatic heterocycles. The lowest BCUT2D eigenvalue weighted by molar-refractivity contribution is -0.387. The van der Waals surface area contributed by atoms with Gasteiger partial charge >= 0.3 is 5.97 Å². The van der Waals surface area contributed by atoms with E-state index in [1.165, 1.54) is 23.9 Å². The molecule has 21 heavy (non-hydrogen) atoms. The van der Waals surface area contributed by atoms with E-state index in [2.05, 4.69) is 0 Å². The van der Waals surface area contributed by atoms with Crippen molar-refractivity contribution < 1.29 is 14.8 Å². The molecule has 1 N–H and O–H groups in total. The van der Waals surface area contributed by atoms with Gasteiger partial charge in [-0.15, -0.1) is 0 Å². The fourth-order valence-corrected chi connectivity index (χ4v) is 2.78. The normalized spacial score (nSPS) is 10.4. The highest BCUT2D eigenvalue weighted by atomic mass is 32.2. The minimum absolute atomic E-state index is 0.0915. The van der Waals surface area contributed by atoms with Gasteiger partial charge in [-0.05, 0) is 49.2 Å². The van der Waals surface area contributed by atoms with E-state index >= 15 is 0 Å². The van der Waals surface area contributed by atoms with Crippen molar-refractivity contribution in [3.05, 3.63) is 63.2 Å². The third-order valence-corrected chi connectivity index (χ3v) is 4.16. The van der Waals surface area contributed by atoms with Crippen molar-refractivity contribution in [3.63, 3.8) is 0 Å². The van der Waals surface area contributed by atoms with Gasteiger partial charge < -0.3 is 5.11 Å². The summed E-state index contributed by atoms with van der Waals surface area (Å²) >= 11 is 1.25. The maximum Gasteiger partial charge on any atom is 0.335 e. The number of carbonyl (C=O) groups is 1. The minimum Gasteiger partial charge on any atom is -0.478 e. The Balaban J connectivity index is 2.41. The van der Waals surface area contributed by atoms with Crippen molar-refractivity contribution in [3.8, 4) is 0 Å². The second-order valence-corrected chi connectivity index (χ2v) is 5.71. The van der Waals surface area contributed by atoms with Crippen LogP contribution < -0.4 is 0 Å². The lowest BCUT2D eigenvalue weighted by Crippen LogP contribution is -1.99. The number of aromatic carboxylic acids is 1. The van der Waals surface area contributed by atoms with Crippen molar-refractivity contribution in [2.24, 2.45) is 0 Å². The summed E-state index contributed by atoms with van der Waals surface area (Å²) in [7, 11) is 0. The van der Waals surface area contributed by atoms with E-state index < -0.39 is 10.9 Å². The number of nitro groups is 1. The fraction of sp³-hybridized carbons (Fsp3) is 0.133. The number of hydrogen-bond donors (Lipinski definition) is 1. The Labute approximate surface area is 125 Å². The zero-order valence-corrected chi connectivity index (χ0v) is 12.3. The standard InChI is InChI=1S/C15H13NO4S/c1-9-3-5-12(7-10(9)2)21-14-6-4-11(15(17)18)8-13(14)16(19)20/h3-8H,1-2H3,(H,17,18). The van der Waals surface area contributed by atoms with Crippen molar-refractivity contribution in [2.45, 2.75) is 23.6 Å². The number of nitro benzene ring substituents is 1. The summed E-state index contributed by atoms with van der Waals surface area (Å²) in [5.74, 6) is -1.18. The topological polar surface area (TPSA) is 80.4 Å². The molecule has 0 saturated carbocycles. The smallest absolute Gasteiger partial charge is 0.335 e. The first-order valence-electron chi connectivity index (χ1n) is 6.15. The summed E-state index contributed by atoms with van der Waals surface area (Å²) in [5, 5.41) is 20.0. The molecule has 0 heterocycles. The third kappa shape index (κ3) is 3.41. The van der Waals surface area contributed by atoms with Gasteiger partial charge in [-0.3, -0.25) is 10.1 Å². The van der Waals surface area contributed by atoms with Crippen molar-refractivity contribution >= 4 is 23.4 Å². The number of hydrogen-bond acceptors (Lipinski definition) is 4. The van der Waals surface area contributed by atoms with Crippen molar-refractivity contribution in [1.29, 1.82) is 0 Å². The molecule has 0 aliphatic heterocycles. The van der Waals surface area contributed by atoms with Crippen LogP contribution in [0.3, 0.4) is 0 Å². The summed E-state index contributed by atoms with van der Waals surface area (Å²) in [6.07, 6.45) is 0. The van der Waals surface area contributed by atoms with E-state index in [9.17, 15) is 14.9 Å². The molecule has 5 nitrogen and oxygen atoms in total. The molecule has 6 heteroatoms. The molecule has 0 atom stereocenters. The molecule has 0 aliphatic carbocycles.